The fourth-order valence-electron chi connectivity index (χ4n) is 4.21. The van der Waals surface area contributed by atoms with Gasteiger partial charge in [-0.15, -0.1) is 0 Å². The van der Waals surface area contributed by atoms with E-state index in [0.29, 0.717) is 0 Å². The molecule has 0 aliphatic rings. The maximum absolute atomic E-state index is 12.2. The largest absolute Gasteiger partial charge is 1.00 e. The van der Waals surface area contributed by atoms with E-state index in [2.05, 4.69) is 0 Å². The third-order valence-electron chi connectivity index (χ3n) is 5.45. The van der Waals surface area contributed by atoms with Gasteiger partial charge in [0.1, 0.15) is 40.5 Å². The molecule has 0 heterocycles. The van der Waals surface area contributed by atoms with Crippen LogP contribution in [0.4, 0.5) is 0 Å². The van der Waals surface area contributed by atoms with Crippen LogP contribution in [0, 0.1) is 0 Å². The molecule has 0 radical (unpaired) electrons. The average Bonchev–Trinajstić information content (AvgIpc) is 2.74. The third-order valence-corrected chi connectivity index (χ3v) is 9.49. The zero-order valence-electron chi connectivity index (χ0n) is 22.0. The molecule has 0 amide bonds. The molecule has 0 aliphatic carbocycles. The van der Waals surface area contributed by atoms with Crippen molar-refractivity contribution in [1.29, 1.82) is 0 Å². The van der Waals surface area contributed by atoms with Gasteiger partial charge in [-0.05, 0) is 34.0 Å². The van der Waals surface area contributed by atoms with Gasteiger partial charge in [0.25, 0.3) is 0 Å². The smallest absolute Gasteiger partial charge is 0.744 e. The summed E-state index contributed by atoms with van der Waals surface area (Å²) in [6.45, 7) is 0. The van der Waals surface area contributed by atoms with Gasteiger partial charge in [-0.2, -0.15) is 0 Å². The van der Waals surface area contributed by atoms with E-state index in [1.165, 1.54) is 36.4 Å². The first-order valence-corrected chi connectivity index (χ1v) is 15.5. The van der Waals surface area contributed by atoms with Gasteiger partial charge in [-0.1, -0.05) is 48.5 Å². The topological polar surface area (TPSA) is 229 Å². The summed E-state index contributed by atoms with van der Waals surface area (Å²) in [7, 11) is -22.7. The quantitative estimate of drug-likeness (QED) is 0.137. The van der Waals surface area contributed by atoms with Gasteiger partial charge in [-0.3, -0.25) is 0 Å². The molecule has 0 saturated heterocycles. The third kappa shape index (κ3) is 9.07. The molecule has 0 saturated carbocycles. The molecular formula is C21H12Na4O12S4. The van der Waals surface area contributed by atoms with Crippen LogP contribution in [0.1, 0.15) is 11.1 Å². The maximum atomic E-state index is 12.2. The standard InChI is InChI=1S/C21H16O12S4.4Na/c22-34(23,24)18-14(9-12-5-1-3-7-16(12)20(18)36(28,29)30)11-15-10-13-6-2-4-8-17(13)21(37(31,32)33)19(15)35(25,26)27;;;;/h1-10H,11H2,(H,22,23,24)(H,25,26,27)(H,28,29,30)(H,31,32,33);;;;/q;4*+1/p-4. The molecule has 196 valence electrons. The number of hydrogen-bond acceptors (Lipinski definition) is 12. The molecule has 20 heteroatoms. The molecule has 0 fully saturated rings. The Bertz CT molecular complexity index is 1920. The van der Waals surface area contributed by atoms with Crippen LogP contribution in [0.2, 0.25) is 0 Å². The van der Waals surface area contributed by atoms with Crippen LogP contribution >= 0.6 is 0 Å². The van der Waals surface area contributed by atoms with Crippen LogP contribution in [0.15, 0.2) is 80.2 Å². The summed E-state index contributed by atoms with van der Waals surface area (Å²) in [5, 5.41) is -0.894. The molecule has 4 aromatic rings. The van der Waals surface area contributed by atoms with Crippen molar-refractivity contribution in [1.82, 2.24) is 0 Å². The van der Waals surface area contributed by atoms with Crippen molar-refractivity contribution >= 4 is 62.0 Å². The number of benzene rings is 4. The zero-order valence-corrected chi connectivity index (χ0v) is 33.3. The molecule has 0 N–H and O–H groups in total. The number of rotatable bonds is 6. The van der Waals surface area contributed by atoms with Crippen LogP contribution in [0.25, 0.3) is 21.5 Å². The predicted octanol–water partition coefficient (Wildman–Crippen LogP) is -10.8. The molecule has 0 bridgehead atoms. The van der Waals surface area contributed by atoms with E-state index in [4.69, 9.17) is 0 Å². The average molecular weight is 677 g/mol. The van der Waals surface area contributed by atoms with Gasteiger partial charge in [0.2, 0.25) is 0 Å². The van der Waals surface area contributed by atoms with Crippen LogP contribution in [0.5, 0.6) is 0 Å². The minimum atomic E-state index is -5.72. The van der Waals surface area contributed by atoms with Crippen LogP contribution in [-0.2, 0) is 46.9 Å². The normalized spacial score (nSPS) is 12.0. The molecule has 0 atom stereocenters. The molecular weight excluding hydrogens is 664 g/mol. The predicted molar refractivity (Wildman–Crippen MR) is 123 cm³/mol. The Labute approximate surface area is 324 Å². The second-order valence-corrected chi connectivity index (χ2v) is 13.1. The molecule has 0 aromatic heterocycles. The molecule has 0 aliphatic heterocycles. The second kappa shape index (κ2) is 15.1. The summed E-state index contributed by atoms with van der Waals surface area (Å²) < 4.78 is 146. The molecule has 0 spiro atoms. The van der Waals surface area contributed by atoms with Gasteiger partial charge in [0.05, 0.1) is 19.6 Å². The van der Waals surface area contributed by atoms with Crippen LogP contribution in [-0.4, -0.2) is 51.9 Å². The van der Waals surface area contributed by atoms with Crippen molar-refractivity contribution in [3.8, 4) is 0 Å². The van der Waals surface area contributed by atoms with Gasteiger partial charge >= 0.3 is 118 Å². The number of hydrogen-bond donors (Lipinski definition) is 0. The Balaban J connectivity index is 0.00000400. The van der Waals surface area contributed by atoms with Crippen LogP contribution < -0.4 is 118 Å². The Kier molecular flexibility index (Phi) is 15.5. The molecule has 4 rings (SSSR count). The van der Waals surface area contributed by atoms with Crippen molar-refractivity contribution in [2.24, 2.45) is 0 Å². The summed E-state index contributed by atoms with van der Waals surface area (Å²) in [6.07, 6.45) is -1.02. The Hall–Kier alpha value is 1.04. The van der Waals surface area contributed by atoms with Gasteiger partial charge in [0, 0.05) is 17.2 Å². The van der Waals surface area contributed by atoms with Gasteiger partial charge < -0.3 is 18.2 Å². The van der Waals surface area contributed by atoms with Crippen molar-refractivity contribution in [3.05, 3.63) is 71.8 Å². The van der Waals surface area contributed by atoms with Crippen LogP contribution in [0.3, 0.4) is 0 Å². The van der Waals surface area contributed by atoms with Crippen molar-refractivity contribution in [2.75, 3.05) is 0 Å². The Morgan fingerprint density at radius 1 is 0.439 bits per heavy atom. The van der Waals surface area contributed by atoms with E-state index in [1.807, 2.05) is 0 Å². The minimum absolute atomic E-state index is 0. The Morgan fingerprint density at radius 3 is 0.976 bits per heavy atom. The van der Waals surface area contributed by atoms with E-state index < -0.39 is 88.4 Å². The first kappa shape index (κ1) is 42.0. The summed E-state index contributed by atoms with van der Waals surface area (Å²) in [5.74, 6) is 0. The maximum Gasteiger partial charge on any atom is 1.00 e. The van der Waals surface area contributed by atoms with Crippen molar-refractivity contribution in [3.63, 3.8) is 0 Å². The van der Waals surface area contributed by atoms with Gasteiger partial charge in [-0.25, -0.2) is 33.7 Å². The minimum Gasteiger partial charge on any atom is -0.744 e. The summed E-state index contributed by atoms with van der Waals surface area (Å²) in [6, 6.07) is 12.0. The fraction of sp³-hybridized carbons (Fsp3) is 0.0476. The molecule has 0 unspecified atom stereocenters. The monoisotopic (exact) mass is 676 g/mol. The van der Waals surface area contributed by atoms with E-state index in [0.717, 1.165) is 24.3 Å². The van der Waals surface area contributed by atoms with E-state index >= 15 is 0 Å². The fourth-order valence-corrected chi connectivity index (χ4v) is 8.64. The number of fused-ring (bicyclic) bond motifs is 2. The van der Waals surface area contributed by atoms with Gasteiger partial charge in [0.15, 0.2) is 0 Å². The summed E-state index contributed by atoms with van der Waals surface area (Å²) in [4.78, 5) is -5.76. The second-order valence-electron chi connectivity index (χ2n) is 7.82. The molecule has 4 aromatic carbocycles. The first-order valence-electron chi connectivity index (χ1n) is 9.83. The zero-order chi connectivity index (χ0) is 27.6. The summed E-state index contributed by atoms with van der Waals surface area (Å²) >= 11 is 0. The van der Waals surface area contributed by atoms with Crippen molar-refractivity contribution < 1.29 is 170 Å². The van der Waals surface area contributed by atoms with E-state index in [9.17, 15) is 51.9 Å². The molecule has 12 nitrogen and oxygen atoms in total. The first-order chi connectivity index (χ1) is 16.9. The SMILES string of the molecule is O=S(=O)([O-])c1c(Cc2cc3ccccc3c(S(=O)(=O)[O-])c2S(=O)(=O)[O-])cc2ccccc2c1S(=O)(=O)[O-].[Na+].[Na+].[Na+].[Na+]. The Morgan fingerprint density at radius 2 is 0.707 bits per heavy atom. The molecule has 41 heavy (non-hydrogen) atoms. The van der Waals surface area contributed by atoms with E-state index in [1.54, 1.807) is 0 Å². The van der Waals surface area contributed by atoms with Crippen molar-refractivity contribution in [2.45, 2.75) is 26.0 Å². The van der Waals surface area contributed by atoms with E-state index in [-0.39, 0.29) is 129 Å². The summed E-state index contributed by atoms with van der Waals surface area (Å²) in [5.41, 5.74) is -1.42.